The number of aromatic nitrogens is 1. The third-order valence-corrected chi connectivity index (χ3v) is 2.99. The molecule has 0 atom stereocenters. The summed E-state index contributed by atoms with van der Waals surface area (Å²) in [5.41, 5.74) is 0.973. The van der Waals surface area contributed by atoms with Gasteiger partial charge in [-0.15, -0.1) is 0 Å². The second-order valence-electron chi connectivity index (χ2n) is 4.15. The molecule has 2 rings (SSSR count). The maximum atomic E-state index is 11.0. The largest absolute Gasteiger partial charge is 0.453 e. The SMILES string of the molecule is COC(=O)Nc1ccc(N2CCN(C=O)CC2)cn1. The number of hydrogen-bond acceptors (Lipinski definition) is 5. The summed E-state index contributed by atoms with van der Waals surface area (Å²) < 4.78 is 4.49. The number of pyridine rings is 1. The highest BCUT2D eigenvalue weighted by Crippen LogP contribution is 2.16. The van der Waals surface area contributed by atoms with Crippen molar-refractivity contribution in [2.45, 2.75) is 0 Å². The number of amides is 2. The van der Waals surface area contributed by atoms with Crippen LogP contribution in [-0.2, 0) is 9.53 Å². The first-order valence-electron chi connectivity index (χ1n) is 5.98. The predicted molar refractivity (Wildman–Crippen MR) is 70.1 cm³/mol. The van der Waals surface area contributed by atoms with Crippen LogP contribution >= 0.6 is 0 Å². The third-order valence-electron chi connectivity index (χ3n) is 2.99. The molecular weight excluding hydrogens is 248 g/mol. The summed E-state index contributed by atoms with van der Waals surface area (Å²) in [7, 11) is 1.30. The molecule has 102 valence electrons. The Morgan fingerprint density at radius 1 is 1.37 bits per heavy atom. The maximum absolute atomic E-state index is 11.0. The smallest absolute Gasteiger partial charge is 0.412 e. The summed E-state index contributed by atoms with van der Waals surface area (Å²) in [5.74, 6) is 0.446. The first kappa shape index (κ1) is 13.1. The molecule has 2 amide bonds. The number of piperazine rings is 1. The van der Waals surface area contributed by atoms with Crippen molar-refractivity contribution in [3.8, 4) is 0 Å². The van der Waals surface area contributed by atoms with E-state index in [4.69, 9.17) is 0 Å². The molecule has 1 fully saturated rings. The minimum atomic E-state index is -0.542. The van der Waals surface area contributed by atoms with E-state index in [1.165, 1.54) is 7.11 Å². The van der Waals surface area contributed by atoms with Gasteiger partial charge in [0, 0.05) is 26.2 Å². The molecule has 19 heavy (non-hydrogen) atoms. The van der Waals surface area contributed by atoms with Gasteiger partial charge >= 0.3 is 6.09 Å². The fourth-order valence-electron chi connectivity index (χ4n) is 1.89. The molecule has 7 nitrogen and oxygen atoms in total. The van der Waals surface area contributed by atoms with Crippen LogP contribution in [0.5, 0.6) is 0 Å². The number of hydrogen-bond donors (Lipinski definition) is 1. The summed E-state index contributed by atoms with van der Waals surface area (Å²) in [4.78, 5) is 29.7. The van der Waals surface area contributed by atoms with E-state index < -0.39 is 6.09 Å². The molecule has 1 aromatic rings. The minimum absolute atomic E-state index is 0.446. The van der Waals surface area contributed by atoms with Crippen LogP contribution in [0.3, 0.4) is 0 Å². The van der Waals surface area contributed by atoms with Gasteiger partial charge in [0.05, 0.1) is 19.0 Å². The molecule has 2 heterocycles. The van der Waals surface area contributed by atoms with E-state index in [-0.39, 0.29) is 0 Å². The Morgan fingerprint density at radius 3 is 2.63 bits per heavy atom. The van der Waals surface area contributed by atoms with Gasteiger partial charge < -0.3 is 14.5 Å². The van der Waals surface area contributed by atoms with Crippen LogP contribution < -0.4 is 10.2 Å². The molecule has 1 aromatic heterocycles. The molecule has 0 aromatic carbocycles. The highest BCUT2D eigenvalue weighted by Gasteiger charge is 2.15. The van der Waals surface area contributed by atoms with E-state index >= 15 is 0 Å². The average Bonchev–Trinajstić information content (AvgIpc) is 2.48. The van der Waals surface area contributed by atoms with Gasteiger partial charge in [-0.3, -0.25) is 10.1 Å². The molecule has 0 bridgehead atoms. The predicted octanol–water partition coefficient (Wildman–Crippen LogP) is 0.538. The molecule has 0 aliphatic carbocycles. The maximum Gasteiger partial charge on any atom is 0.412 e. The number of carbonyl (C=O) groups excluding carboxylic acids is 2. The van der Waals surface area contributed by atoms with Gasteiger partial charge in [0.15, 0.2) is 0 Å². The van der Waals surface area contributed by atoms with Gasteiger partial charge in [-0.1, -0.05) is 0 Å². The minimum Gasteiger partial charge on any atom is -0.453 e. The number of nitrogens with one attached hydrogen (secondary N) is 1. The summed E-state index contributed by atoms with van der Waals surface area (Å²) in [6.07, 6.45) is 2.03. The monoisotopic (exact) mass is 264 g/mol. The zero-order valence-corrected chi connectivity index (χ0v) is 10.7. The first-order valence-corrected chi connectivity index (χ1v) is 5.98. The summed E-state index contributed by atoms with van der Waals surface area (Å²) in [6, 6.07) is 3.60. The lowest BCUT2D eigenvalue weighted by Crippen LogP contribution is -2.45. The average molecular weight is 264 g/mol. The molecule has 1 aliphatic heterocycles. The number of anilines is 2. The van der Waals surface area contributed by atoms with Gasteiger partial charge in [-0.2, -0.15) is 0 Å². The van der Waals surface area contributed by atoms with Gasteiger partial charge in [0.25, 0.3) is 0 Å². The zero-order chi connectivity index (χ0) is 13.7. The van der Waals surface area contributed by atoms with E-state index in [0.717, 1.165) is 25.2 Å². The van der Waals surface area contributed by atoms with Crippen molar-refractivity contribution in [3.05, 3.63) is 18.3 Å². The van der Waals surface area contributed by atoms with Crippen LogP contribution in [0.2, 0.25) is 0 Å². The Labute approximate surface area is 111 Å². The first-order chi connectivity index (χ1) is 9.22. The standard InChI is InChI=1S/C12H16N4O3/c1-19-12(18)14-11-3-2-10(8-13-11)16-6-4-15(9-17)5-7-16/h2-3,8-9H,4-7H2,1H3,(H,13,14,18). The van der Waals surface area contributed by atoms with E-state index in [1.807, 2.05) is 6.07 Å². The number of ether oxygens (including phenoxy) is 1. The Kier molecular flexibility index (Phi) is 4.17. The third kappa shape index (κ3) is 3.34. The van der Waals surface area contributed by atoms with E-state index in [9.17, 15) is 9.59 Å². The van der Waals surface area contributed by atoms with Crippen molar-refractivity contribution in [1.29, 1.82) is 0 Å². The number of methoxy groups -OCH3 is 1. The van der Waals surface area contributed by atoms with Gasteiger partial charge in [0.2, 0.25) is 6.41 Å². The highest BCUT2D eigenvalue weighted by atomic mass is 16.5. The van der Waals surface area contributed by atoms with Crippen molar-refractivity contribution in [2.75, 3.05) is 43.5 Å². The van der Waals surface area contributed by atoms with Crippen LogP contribution in [-0.4, -0.2) is 55.7 Å². The molecule has 1 aliphatic rings. The Hall–Kier alpha value is -2.31. The highest BCUT2D eigenvalue weighted by molar-refractivity contribution is 5.83. The fraction of sp³-hybridized carbons (Fsp3) is 0.417. The summed E-state index contributed by atoms with van der Waals surface area (Å²) in [6.45, 7) is 2.99. The Balaban J connectivity index is 1.95. The molecule has 0 radical (unpaired) electrons. The van der Waals surface area contributed by atoms with Crippen LogP contribution in [0.4, 0.5) is 16.3 Å². The van der Waals surface area contributed by atoms with Gasteiger partial charge in [-0.05, 0) is 12.1 Å². The van der Waals surface area contributed by atoms with Gasteiger partial charge in [-0.25, -0.2) is 9.78 Å². The Morgan fingerprint density at radius 2 is 2.11 bits per heavy atom. The molecule has 0 saturated carbocycles. The van der Waals surface area contributed by atoms with Crippen molar-refractivity contribution in [2.24, 2.45) is 0 Å². The van der Waals surface area contributed by atoms with Crippen LogP contribution in [0.25, 0.3) is 0 Å². The number of nitrogens with zero attached hydrogens (tertiary/aromatic N) is 3. The van der Waals surface area contributed by atoms with E-state index in [2.05, 4.69) is 19.9 Å². The lowest BCUT2D eigenvalue weighted by molar-refractivity contribution is -0.118. The summed E-state index contributed by atoms with van der Waals surface area (Å²) >= 11 is 0. The van der Waals surface area contributed by atoms with Gasteiger partial charge in [0.1, 0.15) is 5.82 Å². The van der Waals surface area contributed by atoms with Crippen LogP contribution in [0.1, 0.15) is 0 Å². The van der Waals surface area contributed by atoms with Crippen LogP contribution in [0.15, 0.2) is 18.3 Å². The fourth-order valence-corrected chi connectivity index (χ4v) is 1.89. The molecule has 1 N–H and O–H groups in total. The quantitative estimate of drug-likeness (QED) is 0.806. The molecular formula is C12H16N4O3. The van der Waals surface area contributed by atoms with Crippen molar-refractivity contribution < 1.29 is 14.3 Å². The van der Waals surface area contributed by atoms with Crippen molar-refractivity contribution >= 4 is 24.0 Å². The lowest BCUT2D eigenvalue weighted by atomic mass is 10.3. The number of rotatable bonds is 3. The molecule has 0 unspecified atom stereocenters. The lowest BCUT2D eigenvalue weighted by Gasteiger charge is -2.33. The number of carbonyl (C=O) groups is 2. The second-order valence-corrected chi connectivity index (χ2v) is 4.15. The van der Waals surface area contributed by atoms with Crippen molar-refractivity contribution in [1.82, 2.24) is 9.88 Å². The van der Waals surface area contributed by atoms with E-state index in [1.54, 1.807) is 17.2 Å². The summed E-state index contributed by atoms with van der Waals surface area (Å²) in [5, 5.41) is 2.49. The van der Waals surface area contributed by atoms with E-state index in [0.29, 0.717) is 18.9 Å². The van der Waals surface area contributed by atoms with Crippen LogP contribution in [0, 0.1) is 0 Å². The molecule has 0 spiro atoms. The zero-order valence-electron chi connectivity index (χ0n) is 10.7. The topological polar surface area (TPSA) is 74.8 Å². The van der Waals surface area contributed by atoms with Crippen molar-refractivity contribution in [3.63, 3.8) is 0 Å². The normalized spacial score (nSPS) is 15.0. The molecule has 1 saturated heterocycles. The molecule has 7 heteroatoms. The second kappa shape index (κ2) is 6.03. The Bertz CT molecular complexity index is 441.